The van der Waals surface area contributed by atoms with Gasteiger partial charge < -0.3 is 4.52 Å². The summed E-state index contributed by atoms with van der Waals surface area (Å²) in [4.78, 5) is 14.7. The van der Waals surface area contributed by atoms with Crippen LogP contribution in [-0.4, -0.2) is 44.8 Å². The van der Waals surface area contributed by atoms with Crippen LogP contribution in [0.3, 0.4) is 0 Å². The summed E-state index contributed by atoms with van der Waals surface area (Å²) in [6.45, 7) is 0.379. The van der Waals surface area contributed by atoms with E-state index in [2.05, 4.69) is 31.9 Å². The quantitative estimate of drug-likeness (QED) is 0.663. The fourth-order valence-electron chi connectivity index (χ4n) is 2.87. The van der Waals surface area contributed by atoms with E-state index >= 15 is 0 Å². The first kappa shape index (κ1) is 16.4. The molecule has 7 heteroatoms. The van der Waals surface area contributed by atoms with Gasteiger partial charge in [0, 0.05) is 30.9 Å². The van der Waals surface area contributed by atoms with Gasteiger partial charge in [0.15, 0.2) is 0 Å². The predicted octanol–water partition coefficient (Wildman–Crippen LogP) is 2.64. The van der Waals surface area contributed by atoms with Crippen molar-refractivity contribution in [3.05, 3.63) is 59.9 Å². The highest BCUT2D eigenvalue weighted by Crippen LogP contribution is 2.31. The van der Waals surface area contributed by atoms with Gasteiger partial charge in [-0.2, -0.15) is 4.98 Å². The fourth-order valence-corrected chi connectivity index (χ4v) is 2.87. The maximum absolute atomic E-state index is 13.5. The summed E-state index contributed by atoms with van der Waals surface area (Å²) < 4.78 is 18.8. The number of rotatable bonds is 2. The number of likely N-dealkylation sites (tertiary alicyclic amines) is 1. The Morgan fingerprint density at radius 1 is 1.19 bits per heavy atom. The van der Waals surface area contributed by atoms with Crippen molar-refractivity contribution < 1.29 is 8.91 Å². The van der Waals surface area contributed by atoms with Crippen LogP contribution in [0.25, 0.3) is 11.5 Å². The summed E-state index contributed by atoms with van der Waals surface area (Å²) in [6, 6.07) is 9.02. The molecule has 0 unspecified atom stereocenters. The van der Waals surface area contributed by atoms with E-state index in [1.807, 2.05) is 36.2 Å². The van der Waals surface area contributed by atoms with E-state index in [1.165, 1.54) is 0 Å². The largest absolute Gasteiger partial charge is 0.337 e. The van der Waals surface area contributed by atoms with Crippen LogP contribution < -0.4 is 0 Å². The Balaban J connectivity index is 1.50. The minimum absolute atomic E-state index is 0.185. The molecule has 2 atom stereocenters. The molecule has 0 spiro atoms. The minimum atomic E-state index is -0.865. The fraction of sp³-hybridized carbons (Fsp3) is 0.263. The van der Waals surface area contributed by atoms with Gasteiger partial charge in [0.25, 0.3) is 0 Å². The molecule has 0 radical (unpaired) electrons. The molecule has 0 aliphatic carbocycles. The molecule has 130 valence electrons. The zero-order valence-corrected chi connectivity index (χ0v) is 14.1. The molecule has 0 aromatic carbocycles. The average Bonchev–Trinajstić information content (AvgIpc) is 3.27. The molecule has 0 saturated carbocycles. The number of alkyl halides is 1. The van der Waals surface area contributed by atoms with Crippen LogP contribution in [0.5, 0.6) is 0 Å². The van der Waals surface area contributed by atoms with Crippen molar-refractivity contribution in [2.24, 2.45) is 0 Å². The smallest absolute Gasteiger partial charge is 0.244 e. The summed E-state index contributed by atoms with van der Waals surface area (Å²) in [5, 5.41) is 3.97. The van der Waals surface area contributed by atoms with E-state index in [1.54, 1.807) is 18.5 Å². The van der Waals surface area contributed by atoms with Crippen LogP contribution in [0.15, 0.2) is 47.2 Å². The molecule has 26 heavy (non-hydrogen) atoms. The summed E-state index contributed by atoms with van der Waals surface area (Å²) in [7, 11) is 1.85. The lowest BCUT2D eigenvalue weighted by Crippen LogP contribution is -2.18. The Bertz CT molecular complexity index is 945. The molecular formula is C19H16FN5O. The highest BCUT2D eigenvalue weighted by atomic mass is 19.1. The molecule has 1 aliphatic heterocycles. The Hall–Kier alpha value is -3.11. The topological polar surface area (TPSA) is 67.9 Å². The zero-order valence-electron chi connectivity index (χ0n) is 14.1. The van der Waals surface area contributed by atoms with E-state index in [0.29, 0.717) is 36.1 Å². The number of hydrogen-bond donors (Lipinski definition) is 0. The lowest BCUT2D eigenvalue weighted by Gasteiger charge is -2.13. The monoisotopic (exact) mass is 349 g/mol. The van der Waals surface area contributed by atoms with E-state index in [0.717, 1.165) is 5.56 Å². The van der Waals surface area contributed by atoms with Gasteiger partial charge in [-0.25, -0.2) is 9.37 Å². The van der Waals surface area contributed by atoms with Crippen molar-refractivity contribution in [3.63, 3.8) is 0 Å². The first-order chi connectivity index (χ1) is 12.7. The minimum Gasteiger partial charge on any atom is -0.337 e. The summed E-state index contributed by atoms with van der Waals surface area (Å²) in [5.41, 5.74) is 2.05. The van der Waals surface area contributed by atoms with Gasteiger partial charge in [-0.1, -0.05) is 17.1 Å². The SMILES string of the molecule is CN1C[C@@H](F)C[C@@H]1c1nc(-c2ccc(C#Cc3ccccn3)cn2)no1. The molecule has 4 heterocycles. The summed E-state index contributed by atoms with van der Waals surface area (Å²) >= 11 is 0. The maximum atomic E-state index is 13.5. The van der Waals surface area contributed by atoms with Crippen molar-refractivity contribution in [3.8, 4) is 23.4 Å². The lowest BCUT2D eigenvalue weighted by molar-refractivity contribution is 0.243. The van der Waals surface area contributed by atoms with Crippen molar-refractivity contribution >= 4 is 0 Å². The highest BCUT2D eigenvalue weighted by Gasteiger charge is 2.34. The average molecular weight is 349 g/mol. The third-order valence-corrected chi connectivity index (χ3v) is 4.22. The van der Waals surface area contributed by atoms with Gasteiger partial charge in [-0.3, -0.25) is 9.88 Å². The number of halogens is 1. The third kappa shape index (κ3) is 3.46. The van der Waals surface area contributed by atoms with E-state index in [4.69, 9.17) is 4.52 Å². The third-order valence-electron chi connectivity index (χ3n) is 4.22. The van der Waals surface area contributed by atoms with Crippen LogP contribution in [0, 0.1) is 11.8 Å². The Morgan fingerprint density at radius 3 is 2.81 bits per heavy atom. The van der Waals surface area contributed by atoms with Crippen LogP contribution >= 0.6 is 0 Å². The van der Waals surface area contributed by atoms with Crippen molar-refractivity contribution in [1.29, 1.82) is 0 Å². The molecule has 3 aromatic heterocycles. The normalized spacial score (nSPS) is 19.9. The molecule has 6 nitrogen and oxygen atoms in total. The predicted molar refractivity (Wildman–Crippen MR) is 92.6 cm³/mol. The number of nitrogens with zero attached hydrogens (tertiary/aromatic N) is 5. The second kappa shape index (κ2) is 7.02. The second-order valence-corrected chi connectivity index (χ2v) is 6.14. The van der Waals surface area contributed by atoms with E-state index < -0.39 is 6.17 Å². The van der Waals surface area contributed by atoms with E-state index in [-0.39, 0.29) is 6.04 Å². The number of pyridine rings is 2. The first-order valence-electron chi connectivity index (χ1n) is 8.26. The summed E-state index contributed by atoms with van der Waals surface area (Å²) in [5.74, 6) is 6.80. The van der Waals surface area contributed by atoms with Gasteiger partial charge in [-0.15, -0.1) is 0 Å². The zero-order chi connectivity index (χ0) is 17.9. The number of aromatic nitrogens is 4. The van der Waals surface area contributed by atoms with Gasteiger partial charge in [0.05, 0.1) is 6.04 Å². The Kier molecular flexibility index (Phi) is 4.42. The highest BCUT2D eigenvalue weighted by molar-refractivity contribution is 5.50. The molecule has 1 saturated heterocycles. The van der Waals surface area contributed by atoms with Gasteiger partial charge in [0.2, 0.25) is 11.7 Å². The Morgan fingerprint density at radius 2 is 2.12 bits per heavy atom. The molecule has 1 aliphatic rings. The van der Waals surface area contributed by atoms with Crippen LogP contribution in [0.1, 0.15) is 29.6 Å². The molecule has 0 bridgehead atoms. The summed E-state index contributed by atoms with van der Waals surface area (Å²) in [6.07, 6.45) is 2.86. The van der Waals surface area contributed by atoms with Gasteiger partial charge in [0.1, 0.15) is 17.6 Å². The van der Waals surface area contributed by atoms with E-state index in [9.17, 15) is 4.39 Å². The molecule has 0 amide bonds. The van der Waals surface area contributed by atoms with Crippen LogP contribution in [0.4, 0.5) is 4.39 Å². The molecule has 1 fully saturated rings. The molecule has 3 aromatic rings. The first-order valence-corrected chi connectivity index (χ1v) is 8.26. The molecule has 4 rings (SSSR count). The van der Waals surface area contributed by atoms with Gasteiger partial charge in [-0.05, 0) is 37.2 Å². The lowest BCUT2D eigenvalue weighted by atomic mass is 10.2. The Labute approximate surface area is 150 Å². The molecular weight excluding hydrogens is 333 g/mol. The van der Waals surface area contributed by atoms with Crippen LogP contribution in [-0.2, 0) is 0 Å². The maximum Gasteiger partial charge on any atom is 0.244 e. The van der Waals surface area contributed by atoms with Crippen molar-refractivity contribution in [2.45, 2.75) is 18.6 Å². The number of hydrogen-bond acceptors (Lipinski definition) is 6. The second-order valence-electron chi connectivity index (χ2n) is 6.14. The van der Waals surface area contributed by atoms with Crippen molar-refractivity contribution in [2.75, 3.05) is 13.6 Å². The van der Waals surface area contributed by atoms with Crippen molar-refractivity contribution in [1.82, 2.24) is 25.0 Å². The molecule has 0 N–H and O–H groups in total. The van der Waals surface area contributed by atoms with Crippen LogP contribution in [0.2, 0.25) is 0 Å². The standard InChI is InChI=1S/C19H16FN5O/c1-25-12-14(20)10-17(25)19-23-18(24-26-19)16-8-6-13(11-22-16)5-7-15-4-2-3-9-21-15/h2-4,6,8-9,11,14,17H,10,12H2,1H3/t14-,17+/m0/s1. The van der Waals surface area contributed by atoms with Gasteiger partial charge >= 0.3 is 0 Å².